The standard InChI is InChI=1S/C32H24O/c1-32(2)26-14-5-3-11-24(26)30-21(10-8-15-27(30)32)19-20-9-7-13-23-22(20)17-18-29-31(23)25-12-4-6-16-28(25)33-29/h3-18H,19H2,1-2H3. The molecule has 1 heteroatoms. The van der Waals surface area contributed by atoms with Gasteiger partial charge in [-0.25, -0.2) is 0 Å². The van der Waals surface area contributed by atoms with Crippen molar-refractivity contribution < 1.29 is 4.42 Å². The highest BCUT2D eigenvalue weighted by atomic mass is 16.3. The lowest BCUT2D eigenvalue weighted by atomic mass is 9.82. The molecule has 1 aliphatic rings. The van der Waals surface area contributed by atoms with Crippen molar-refractivity contribution in [2.75, 3.05) is 0 Å². The van der Waals surface area contributed by atoms with Gasteiger partial charge in [-0.05, 0) is 62.7 Å². The summed E-state index contributed by atoms with van der Waals surface area (Å²) < 4.78 is 6.14. The van der Waals surface area contributed by atoms with Crippen molar-refractivity contribution in [3.8, 4) is 11.1 Å². The van der Waals surface area contributed by atoms with Crippen molar-refractivity contribution >= 4 is 32.7 Å². The molecule has 0 saturated heterocycles. The number of para-hydroxylation sites is 1. The van der Waals surface area contributed by atoms with E-state index < -0.39 is 0 Å². The highest BCUT2D eigenvalue weighted by molar-refractivity contribution is 6.19. The zero-order valence-corrected chi connectivity index (χ0v) is 18.9. The van der Waals surface area contributed by atoms with Crippen molar-refractivity contribution in [3.63, 3.8) is 0 Å². The fraction of sp³-hybridized carbons (Fsp3) is 0.125. The van der Waals surface area contributed by atoms with Gasteiger partial charge in [-0.2, -0.15) is 0 Å². The van der Waals surface area contributed by atoms with E-state index in [2.05, 4.69) is 105 Å². The smallest absolute Gasteiger partial charge is 0.136 e. The maximum Gasteiger partial charge on any atom is 0.136 e. The quantitative estimate of drug-likeness (QED) is 0.271. The third-order valence-corrected chi connectivity index (χ3v) is 7.56. The van der Waals surface area contributed by atoms with Crippen LogP contribution < -0.4 is 0 Å². The van der Waals surface area contributed by atoms with Gasteiger partial charge in [-0.15, -0.1) is 0 Å². The van der Waals surface area contributed by atoms with Gasteiger partial charge in [0.15, 0.2) is 0 Å². The summed E-state index contributed by atoms with van der Waals surface area (Å²) in [4.78, 5) is 0. The van der Waals surface area contributed by atoms with Gasteiger partial charge in [0.2, 0.25) is 0 Å². The zero-order valence-electron chi connectivity index (χ0n) is 18.9. The molecule has 1 heterocycles. The van der Waals surface area contributed by atoms with Crippen LogP contribution in [0.1, 0.15) is 36.1 Å². The van der Waals surface area contributed by atoms with Crippen LogP contribution in [0.4, 0.5) is 0 Å². The zero-order chi connectivity index (χ0) is 22.2. The minimum atomic E-state index is 0.0303. The lowest BCUT2D eigenvalue weighted by Crippen LogP contribution is -2.14. The Balaban J connectivity index is 1.45. The van der Waals surface area contributed by atoms with E-state index in [1.807, 2.05) is 6.07 Å². The summed E-state index contributed by atoms with van der Waals surface area (Å²) in [5.41, 5.74) is 10.4. The molecule has 0 radical (unpaired) electrons. The van der Waals surface area contributed by atoms with Crippen LogP contribution in [-0.2, 0) is 11.8 Å². The summed E-state index contributed by atoms with van der Waals surface area (Å²) in [6, 6.07) is 35.2. The van der Waals surface area contributed by atoms with Gasteiger partial charge in [-0.1, -0.05) is 98.8 Å². The van der Waals surface area contributed by atoms with Gasteiger partial charge in [0, 0.05) is 16.2 Å². The van der Waals surface area contributed by atoms with E-state index in [9.17, 15) is 0 Å². The van der Waals surface area contributed by atoms with E-state index in [4.69, 9.17) is 4.42 Å². The van der Waals surface area contributed by atoms with E-state index in [0.29, 0.717) is 0 Å². The van der Waals surface area contributed by atoms with Crippen molar-refractivity contribution in [2.45, 2.75) is 25.7 Å². The molecule has 0 unspecified atom stereocenters. The third kappa shape index (κ3) is 2.54. The van der Waals surface area contributed by atoms with Crippen LogP contribution in [0.2, 0.25) is 0 Å². The predicted molar refractivity (Wildman–Crippen MR) is 138 cm³/mol. The summed E-state index contributed by atoms with van der Waals surface area (Å²) in [5.74, 6) is 0. The molecule has 7 rings (SSSR count). The number of benzene rings is 5. The fourth-order valence-corrected chi connectivity index (χ4v) is 5.98. The Bertz CT molecular complexity index is 1710. The second-order valence-electron chi connectivity index (χ2n) is 9.74. The molecule has 1 nitrogen and oxygen atoms in total. The van der Waals surface area contributed by atoms with Crippen molar-refractivity contribution in [1.29, 1.82) is 0 Å². The maximum absolute atomic E-state index is 6.14. The van der Waals surface area contributed by atoms with Crippen molar-refractivity contribution in [2.24, 2.45) is 0 Å². The first-order chi connectivity index (χ1) is 16.1. The van der Waals surface area contributed by atoms with Crippen LogP contribution in [-0.4, -0.2) is 0 Å². The van der Waals surface area contributed by atoms with Crippen molar-refractivity contribution in [1.82, 2.24) is 0 Å². The fourth-order valence-electron chi connectivity index (χ4n) is 5.98. The number of hydrogen-bond donors (Lipinski definition) is 0. The highest BCUT2D eigenvalue weighted by Gasteiger charge is 2.36. The summed E-state index contributed by atoms with van der Waals surface area (Å²) >= 11 is 0. The van der Waals surface area contributed by atoms with Crippen LogP contribution >= 0.6 is 0 Å². The molecular formula is C32H24O. The molecular weight excluding hydrogens is 400 g/mol. The summed E-state index contributed by atoms with van der Waals surface area (Å²) in [6.45, 7) is 4.69. The molecule has 1 aromatic heterocycles. The molecule has 158 valence electrons. The number of furan rings is 1. The van der Waals surface area contributed by atoms with E-state index in [0.717, 1.165) is 17.6 Å². The topological polar surface area (TPSA) is 13.1 Å². The number of fused-ring (bicyclic) bond motifs is 8. The average Bonchev–Trinajstić information content (AvgIpc) is 3.33. The Kier molecular flexibility index (Phi) is 3.73. The van der Waals surface area contributed by atoms with Crippen molar-refractivity contribution in [3.05, 3.63) is 119 Å². The molecule has 6 aromatic rings. The van der Waals surface area contributed by atoms with Crippen LogP contribution in [0.25, 0.3) is 43.8 Å². The molecule has 0 amide bonds. The van der Waals surface area contributed by atoms with E-state index >= 15 is 0 Å². The first-order valence-electron chi connectivity index (χ1n) is 11.7. The monoisotopic (exact) mass is 424 g/mol. The first-order valence-corrected chi connectivity index (χ1v) is 11.7. The normalized spacial score (nSPS) is 14.1. The van der Waals surface area contributed by atoms with Gasteiger partial charge in [0.05, 0.1) is 0 Å². The molecule has 0 spiro atoms. The second kappa shape index (κ2) is 6.59. The van der Waals surface area contributed by atoms with Gasteiger partial charge in [0.25, 0.3) is 0 Å². The predicted octanol–water partition coefficient (Wildman–Crippen LogP) is 8.64. The molecule has 0 saturated carbocycles. The molecule has 0 atom stereocenters. The molecule has 0 aliphatic heterocycles. The summed E-state index contributed by atoms with van der Waals surface area (Å²) in [5, 5.41) is 4.98. The molecule has 33 heavy (non-hydrogen) atoms. The Labute approximate surface area is 193 Å². The molecule has 1 aliphatic carbocycles. The van der Waals surface area contributed by atoms with Crippen LogP contribution in [0.15, 0.2) is 101 Å². The van der Waals surface area contributed by atoms with E-state index in [1.165, 1.54) is 54.9 Å². The summed E-state index contributed by atoms with van der Waals surface area (Å²) in [7, 11) is 0. The van der Waals surface area contributed by atoms with E-state index in [1.54, 1.807) is 0 Å². The Morgan fingerprint density at radius 3 is 2.24 bits per heavy atom. The van der Waals surface area contributed by atoms with Crippen LogP contribution in [0.3, 0.4) is 0 Å². The minimum absolute atomic E-state index is 0.0303. The highest BCUT2D eigenvalue weighted by Crippen LogP contribution is 2.50. The lowest BCUT2D eigenvalue weighted by molar-refractivity contribution is 0.660. The average molecular weight is 425 g/mol. The Morgan fingerprint density at radius 2 is 1.30 bits per heavy atom. The second-order valence-corrected chi connectivity index (χ2v) is 9.74. The Hall–Kier alpha value is -3.84. The molecule has 0 N–H and O–H groups in total. The summed E-state index contributed by atoms with van der Waals surface area (Å²) in [6.07, 6.45) is 0.909. The van der Waals surface area contributed by atoms with Crippen LogP contribution in [0.5, 0.6) is 0 Å². The van der Waals surface area contributed by atoms with Gasteiger partial charge in [-0.3, -0.25) is 0 Å². The largest absolute Gasteiger partial charge is 0.456 e. The maximum atomic E-state index is 6.14. The van der Waals surface area contributed by atoms with Crippen LogP contribution in [0, 0.1) is 0 Å². The van der Waals surface area contributed by atoms with Gasteiger partial charge >= 0.3 is 0 Å². The first kappa shape index (κ1) is 18.7. The minimum Gasteiger partial charge on any atom is -0.456 e. The number of rotatable bonds is 2. The number of hydrogen-bond acceptors (Lipinski definition) is 1. The van der Waals surface area contributed by atoms with Gasteiger partial charge < -0.3 is 4.42 Å². The third-order valence-electron chi connectivity index (χ3n) is 7.56. The molecule has 0 bridgehead atoms. The van der Waals surface area contributed by atoms with Gasteiger partial charge in [0.1, 0.15) is 11.2 Å². The molecule has 5 aromatic carbocycles. The lowest BCUT2D eigenvalue weighted by Gasteiger charge is -2.21. The Morgan fingerprint density at radius 1 is 0.576 bits per heavy atom. The SMILES string of the molecule is CC1(C)c2ccccc2-c2c(Cc3cccc4c3ccc3oc5ccccc5c34)cccc21. The molecule has 0 fully saturated rings. The van der Waals surface area contributed by atoms with E-state index in [-0.39, 0.29) is 5.41 Å².